The first-order valence-electron chi connectivity index (χ1n) is 18.4. The molecule has 298 valence electrons. The predicted molar refractivity (Wildman–Crippen MR) is 199 cm³/mol. The Morgan fingerprint density at radius 2 is 1.18 bits per heavy atom. The van der Waals surface area contributed by atoms with Crippen molar-refractivity contribution in [1.82, 2.24) is 20.4 Å². The van der Waals surface area contributed by atoms with Crippen LogP contribution in [-0.4, -0.2) is 82.4 Å². The van der Waals surface area contributed by atoms with E-state index < -0.39 is 46.4 Å². The van der Waals surface area contributed by atoms with E-state index in [0.717, 1.165) is 34.8 Å². The summed E-state index contributed by atoms with van der Waals surface area (Å²) in [5, 5.41) is 5.13. The summed E-state index contributed by atoms with van der Waals surface area (Å²) in [6.07, 6.45) is 2.59. The normalized spacial score (nSPS) is 25.0. The maximum Gasteiger partial charge on any atom is 0.425 e. The topological polar surface area (TPSA) is 170 Å². The van der Waals surface area contributed by atoms with Crippen LogP contribution in [0, 0.1) is 31.1 Å². The van der Waals surface area contributed by atoms with Crippen molar-refractivity contribution in [3.05, 3.63) is 59.7 Å². The molecule has 15 heteroatoms. The summed E-state index contributed by atoms with van der Waals surface area (Å²) in [6, 6.07) is 14.4. The second-order valence-corrected chi connectivity index (χ2v) is 16.3. The molecule has 0 atom stereocenters. The van der Waals surface area contributed by atoms with Crippen molar-refractivity contribution >= 4 is 36.1 Å². The third-order valence-electron chi connectivity index (χ3n) is 10.4. The van der Waals surface area contributed by atoms with Crippen molar-refractivity contribution in [3.63, 3.8) is 0 Å². The first-order valence-corrected chi connectivity index (χ1v) is 18.4. The molecule has 2 N–H and O–H groups in total. The maximum absolute atomic E-state index is 13.6. The molecule has 2 aliphatic heterocycles. The van der Waals surface area contributed by atoms with Gasteiger partial charge in [-0.15, -0.1) is 0 Å². The Hall–Kier alpha value is -4.09. The van der Waals surface area contributed by atoms with Crippen molar-refractivity contribution in [1.29, 1.82) is 0 Å². The molecule has 6 rings (SSSR count). The number of hydrogen-bond acceptors (Lipinski definition) is 10. The van der Waals surface area contributed by atoms with Gasteiger partial charge in [0.05, 0.1) is 14.2 Å². The van der Waals surface area contributed by atoms with Gasteiger partial charge in [-0.2, -0.15) is 4.90 Å². The summed E-state index contributed by atoms with van der Waals surface area (Å²) < 4.78 is 21.3. The number of imide groups is 5. The molecule has 8 amide bonds. The fraction of sp³-hybridized carbons (Fsp3) is 0.550. The number of urea groups is 2. The number of amides is 8. The zero-order valence-corrected chi connectivity index (χ0v) is 37.1. The van der Waals surface area contributed by atoms with E-state index in [1.54, 1.807) is 55.8 Å². The largest absolute Gasteiger partial charge is 0.497 e. The number of benzene rings is 2. The molecule has 2 spiro atoms. The molecule has 2 heterocycles. The Morgan fingerprint density at radius 1 is 0.727 bits per heavy atom. The van der Waals surface area contributed by atoms with E-state index in [1.165, 1.54) is 5.56 Å². The number of nitrogens with one attached hydrogen (secondary N) is 2. The average molecular weight is 991 g/mol. The van der Waals surface area contributed by atoms with E-state index in [9.17, 15) is 28.8 Å². The summed E-state index contributed by atoms with van der Waals surface area (Å²) in [4.78, 5) is 77.2. The van der Waals surface area contributed by atoms with Crippen LogP contribution in [-0.2, 0) is 19.1 Å². The van der Waals surface area contributed by atoms with Crippen LogP contribution in [0.2, 0.25) is 0 Å². The molecule has 0 bridgehead atoms. The van der Waals surface area contributed by atoms with Crippen molar-refractivity contribution in [2.75, 3.05) is 14.2 Å². The molecule has 2 aliphatic carbocycles. The van der Waals surface area contributed by atoms with Gasteiger partial charge in [-0.25, -0.2) is 24.1 Å². The monoisotopic (exact) mass is 990 g/mol. The maximum atomic E-state index is 13.6. The minimum Gasteiger partial charge on any atom is -0.497 e. The van der Waals surface area contributed by atoms with E-state index in [4.69, 9.17) is 18.9 Å². The molecule has 0 aromatic heterocycles. The molecular weight excluding hydrogens is 934 g/mol. The molecule has 2 aromatic carbocycles. The van der Waals surface area contributed by atoms with Gasteiger partial charge >= 0.3 is 24.2 Å². The number of carbonyl (C=O) groups is 6. The fourth-order valence-electron chi connectivity index (χ4n) is 7.68. The van der Waals surface area contributed by atoms with Gasteiger partial charge in [-0.1, -0.05) is 24.3 Å². The number of methoxy groups -OCH3 is 2. The Labute approximate surface area is 347 Å². The van der Waals surface area contributed by atoms with Gasteiger partial charge in [-0.05, 0) is 140 Å². The van der Waals surface area contributed by atoms with Gasteiger partial charge in [0.15, 0.2) is 0 Å². The Balaban J connectivity index is 0.000000326. The fourth-order valence-corrected chi connectivity index (χ4v) is 7.68. The predicted octanol–water partition coefficient (Wildman–Crippen LogP) is 7.40. The van der Waals surface area contributed by atoms with Crippen LogP contribution in [0.1, 0.15) is 117 Å². The van der Waals surface area contributed by atoms with Crippen LogP contribution in [0.3, 0.4) is 0 Å². The van der Waals surface area contributed by atoms with Crippen LogP contribution in [0.15, 0.2) is 48.5 Å². The second-order valence-electron chi connectivity index (χ2n) is 16.3. The molecule has 14 nitrogen and oxygen atoms in total. The minimum absolute atomic E-state index is 0. The zero-order chi connectivity index (χ0) is 39.6. The smallest absolute Gasteiger partial charge is 0.425 e. The second kappa shape index (κ2) is 17.0. The molecule has 4 fully saturated rings. The van der Waals surface area contributed by atoms with Gasteiger partial charge < -0.3 is 24.3 Å². The number of rotatable bonds is 4. The molecule has 55 heavy (non-hydrogen) atoms. The van der Waals surface area contributed by atoms with Gasteiger partial charge in [0.2, 0.25) is 0 Å². The summed E-state index contributed by atoms with van der Waals surface area (Å²) in [5.41, 5.74) is -1.69. The molecular formula is C40H54N4O10U. The van der Waals surface area contributed by atoms with Crippen LogP contribution in [0.4, 0.5) is 19.2 Å². The van der Waals surface area contributed by atoms with Crippen molar-refractivity contribution in [2.24, 2.45) is 0 Å². The number of carbonyl (C=O) groups excluding carboxylic acids is 6. The Bertz CT molecular complexity index is 1790. The molecule has 2 aromatic rings. The van der Waals surface area contributed by atoms with E-state index in [0.29, 0.717) is 36.5 Å². The average Bonchev–Trinajstić information content (AvgIpc) is 3.50. The van der Waals surface area contributed by atoms with Crippen LogP contribution < -0.4 is 20.1 Å². The van der Waals surface area contributed by atoms with Gasteiger partial charge in [0.1, 0.15) is 33.8 Å². The van der Waals surface area contributed by atoms with Crippen molar-refractivity contribution in [2.45, 2.75) is 127 Å². The summed E-state index contributed by atoms with van der Waals surface area (Å²) in [6.45, 7) is 9.92. The van der Waals surface area contributed by atoms with Crippen molar-refractivity contribution in [3.8, 4) is 11.5 Å². The standard InChI is InChI=1S/C25H34N2O7.C15H18N2O3.U.H2/c1-23(2,3)33-21(30)26-19(28)25(27(20(26)29)22(31)34-24(4,5)6)13-11-16(12-14-25)17-9-8-10-18(15-17)32-7;1-20-12-4-2-3-11(9-12)10-5-7-15(8-6-10)13(18)16-14(19)17-15;;/h8-10,15-16H,11-14H2,1-7H3;2-4,9-10H,5-8H2,1H3,(H2,16,17,18,19);;1H/i;;;1+2. The van der Waals surface area contributed by atoms with Crippen LogP contribution >= 0.6 is 0 Å². The Morgan fingerprint density at radius 3 is 1.60 bits per heavy atom. The van der Waals surface area contributed by atoms with Crippen molar-refractivity contribution < 1.29 is 80.3 Å². The number of nitrogens with zero attached hydrogens (tertiary/aromatic N) is 2. The van der Waals surface area contributed by atoms with Gasteiger partial charge in [0.25, 0.3) is 11.8 Å². The molecule has 0 radical (unpaired) electrons. The summed E-state index contributed by atoms with van der Waals surface area (Å²) in [7, 11) is 3.26. The third kappa shape index (κ3) is 9.66. The molecule has 2 saturated heterocycles. The van der Waals surface area contributed by atoms with Gasteiger partial charge in [0, 0.05) is 32.5 Å². The zero-order valence-electron chi connectivity index (χ0n) is 32.9. The number of hydrogen-bond donors (Lipinski definition) is 2. The SMILES string of the molecule is COc1cccc(C2CCC3(CC2)C(=O)N(C(=O)OC(C)(C)C)C(=O)N3C(=O)OC(C)(C)C)c1.COc1cccc(C2CCC3(CC2)NC(=O)NC3=O)c1.[3HH].[U]. The first kappa shape index (κ1) is 43.6. The van der Waals surface area contributed by atoms with Gasteiger partial charge in [-0.3, -0.25) is 14.9 Å². The van der Waals surface area contributed by atoms with E-state index in [1.807, 2.05) is 36.4 Å². The summed E-state index contributed by atoms with van der Waals surface area (Å²) in [5.74, 6) is 1.19. The first-order chi connectivity index (χ1) is 25.3. The molecule has 4 aliphatic rings. The van der Waals surface area contributed by atoms with Crippen LogP contribution in [0.5, 0.6) is 11.5 Å². The summed E-state index contributed by atoms with van der Waals surface area (Å²) >= 11 is 0. The van der Waals surface area contributed by atoms with E-state index in [-0.39, 0.29) is 63.2 Å². The number of ether oxygens (including phenoxy) is 4. The van der Waals surface area contributed by atoms with E-state index in [2.05, 4.69) is 22.8 Å². The molecule has 2 saturated carbocycles. The Kier molecular flexibility index (Phi) is 13.5. The third-order valence-corrected chi connectivity index (χ3v) is 10.4. The van der Waals surface area contributed by atoms with E-state index >= 15 is 0 Å². The molecule has 0 unspecified atom stereocenters. The quantitative estimate of drug-likeness (QED) is 0.295. The van der Waals surface area contributed by atoms with Crippen LogP contribution in [0.25, 0.3) is 0 Å². The minimum atomic E-state index is -1.49.